The highest BCUT2D eigenvalue weighted by molar-refractivity contribution is 5.85. The standard InChI is InChI=1S/C14H24N2O5/c1-12(19-3)4-5-14(18)16-7-9-21-11-10-20-8-6-15-13(2)17/h7H,1,4-6,8-11H2,2-3H3,(H,15,17). The van der Waals surface area contributed by atoms with Crippen LogP contribution in [0.4, 0.5) is 0 Å². The van der Waals surface area contributed by atoms with E-state index >= 15 is 0 Å². The van der Waals surface area contributed by atoms with E-state index in [2.05, 4.69) is 16.9 Å². The maximum absolute atomic E-state index is 11.3. The van der Waals surface area contributed by atoms with Crippen molar-refractivity contribution < 1.29 is 23.8 Å². The fourth-order valence-corrected chi connectivity index (χ4v) is 1.21. The Hall–Kier alpha value is -1.73. The number of allylic oxidation sites excluding steroid dienone is 1. The van der Waals surface area contributed by atoms with Crippen LogP contribution in [0.25, 0.3) is 0 Å². The first-order chi connectivity index (χ1) is 10.1. The summed E-state index contributed by atoms with van der Waals surface area (Å²) >= 11 is 0. The van der Waals surface area contributed by atoms with Gasteiger partial charge in [-0.1, -0.05) is 6.58 Å². The molecule has 0 atom stereocenters. The number of ether oxygens (including phenoxy) is 3. The van der Waals surface area contributed by atoms with Crippen LogP contribution in [0.15, 0.2) is 17.3 Å². The van der Waals surface area contributed by atoms with Gasteiger partial charge in [0.1, 0.15) is 0 Å². The molecule has 0 aromatic rings. The molecule has 120 valence electrons. The highest BCUT2D eigenvalue weighted by Crippen LogP contribution is 2.02. The second-order valence-corrected chi connectivity index (χ2v) is 4.12. The van der Waals surface area contributed by atoms with E-state index in [1.165, 1.54) is 20.2 Å². The fraction of sp³-hybridized carbons (Fsp3) is 0.643. The first-order valence-corrected chi connectivity index (χ1v) is 6.73. The van der Waals surface area contributed by atoms with Crippen molar-refractivity contribution in [3.8, 4) is 0 Å². The molecule has 0 aliphatic carbocycles. The number of rotatable bonds is 12. The third kappa shape index (κ3) is 14.5. The summed E-state index contributed by atoms with van der Waals surface area (Å²) in [5.41, 5.74) is 0. The normalized spacial score (nSPS) is 10.6. The van der Waals surface area contributed by atoms with Crippen LogP contribution < -0.4 is 5.32 Å². The second-order valence-electron chi connectivity index (χ2n) is 4.12. The van der Waals surface area contributed by atoms with E-state index < -0.39 is 0 Å². The Morgan fingerprint density at radius 2 is 1.90 bits per heavy atom. The monoisotopic (exact) mass is 300 g/mol. The molecular weight excluding hydrogens is 276 g/mol. The van der Waals surface area contributed by atoms with Crippen molar-refractivity contribution in [3.63, 3.8) is 0 Å². The zero-order valence-electron chi connectivity index (χ0n) is 12.7. The van der Waals surface area contributed by atoms with Crippen molar-refractivity contribution in [2.45, 2.75) is 19.8 Å². The number of carbonyl (C=O) groups is 2. The van der Waals surface area contributed by atoms with Gasteiger partial charge in [0, 0.05) is 32.5 Å². The summed E-state index contributed by atoms with van der Waals surface area (Å²) in [4.78, 5) is 25.6. The molecule has 0 bridgehead atoms. The van der Waals surface area contributed by atoms with Gasteiger partial charge in [-0.2, -0.15) is 0 Å². The zero-order valence-corrected chi connectivity index (χ0v) is 12.7. The molecule has 0 aromatic heterocycles. The van der Waals surface area contributed by atoms with Gasteiger partial charge >= 0.3 is 0 Å². The van der Waals surface area contributed by atoms with Gasteiger partial charge in [0.15, 0.2) is 0 Å². The van der Waals surface area contributed by atoms with E-state index in [1.807, 2.05) is 0 Å². The van der Waals surface area contributed by atoms with Crippen LogP contribution in [-0.2, 0) is 23.8 Å². The quantitative estimate of drug-likeness (QED) is 0.325. The number of hydrogen-bond acceptors (Lipinski definition) is 5. The van der Waals surface area contributed by atoms with Crippen LogP contribution in [0, 0.1) is 0 Å². The number of aliphatic imine (C=N–C) groups is 1. The Morgan fingerprint density at radius 1 is 1.19 bits per heavy atom. The lowest BCUT2D eigenvalue weighted by Gasteiger charge is -2.04. The Bertz CT molecular complexity index is 355. The van der Waals surface area contributed by atoms with Gasteiger partial charge in [-0.25, -0.2) is 4.99 Å². The molecule has 0 aliphatic heterocycles. The molecule has 2 amide bonds. The van der Waals surface area contributed by atoms with E-state index in [1.54, 1.807) is 0 Å². The molecule has 0 aliphatic rings. The minimum atomic E-state index is -0.233. The van der Waals surface area contributed by atoms with Gasteiger partial charge in [-0.3, -0.25) is 9.59 Å². The summed E-state index contributed by atoms with van der Waals surface area (Å²) in [6.45, 7) is 7.08. The summed E-state index contributed by atoms with van der Waals surface area (Å²) in [6.07, 6.45) is 2.17. The molecule has 0 aromatic carbocycles. The van der Waals surface area contributed by atoms with Crippen molar-refractivity contribution >= 4 is 18.0 Å². The summed E-state index contributed by atoms with van der Waals surface area (Å²) in [6, 6.07) is 0. The number of hydrogen-bond donors (Lipinski definition) is 1. The van der Waals surface area contributed by atoms with E-state index in [9.17, 15) is 9.59 Å². The van der Waals surface area contributed by atoms with Crippen molar-refractivity contribution in [3.05, 3.63) is 12.3 Å². The van der Waals surface area contributed by atoms with Crippen LogP contribution in [-0.4, -0.2) is 58.1 Å². The van der Waals surface area contributed by atoms with Gasteiger partial charge in [-0.05, 0) is 0 Å². The van der Waals surface area contributed by atoms with Crippen LogP contribution in [0.1, 0.15) is 19.8 Å². The lowest BCUT2D eigenvalue weighted by molar-refractivity contribution is -0.119. The molecule has 1 N–H and O–H groups in total. The van der Waals surface area contributed by atoms with Crippen LogP contribution in [0.2, 0.25) is 0 Å². The Kier molecular flexibility index (Phi) is 12.2. The molecule has 0 radical (unpaired) electrons. The topological polar surface area (TPSA) is 86.2 Å². The summed E-state index contributed by atoms with van der Waals surface area (Å²) in [5, 5.41) is 2.61. The molecule has 0 unspecified atom stereocenters. The average molecular weight is 300 g/mol. The Labute approximate surface area is 125 Å². The number of nitrogens with one attached hydrogen (secondary N) is 1. The van der Waals surface area contributed by atoms with E-state index in [4.69, 9.17) is 14.2 Å². The number of nitrogens with zero attached hydrogens (tertiary/aromatic N) is 1. The van der Waals surface area contributed by atoms with Gasteiger partial charge in [-0.15, -0.1) is 0 Å². The number of amides is 2. The SMILES string of the molecule is C=C(CCC(=O)N=CCOCCOCCNC(C)=O)OC. The first-order valence-electron chi connectivity index (χ1n) is 6.73. The van der Waals surface area contributed by atoms with Crippen LogP contribution >= 0.6 is 0 Å². The van der Waals surface area contributed by atoms with E-state index in [0.717, 1.165) is 0 Å². The fourth-order valence-electron chi connectivity index (χ4n) is 1.21. The predicted octanol–water partition coefficient (Wildman–Crippen LogP) is 0.693. The van der Waals surface area contributed by atoms with Crippen molar-refractivity contribution in [1.82, 2.24) is 5.32 Å². The highest BCUT2D eigenvalue weighted by Gasteiger charge is 2.00. The average Bonchev–Trinajstić information content (AvgIpc) is 2.46. The van der Waals surface area contributed by atoms with Crippen LogP contribution in [0.3, 0.4) is 0 Å². The second kappa shape index (κ2) is 13.3. The lowest BCUT2D eigenvalue weighted by Crippen LogP contribution is -2.24. The third-order valence-electron chi connectivity index (χ3n) is 2.33. The lowest BCUT2D eigenvalue weighted by atomic mass is 10.3. The minimum absolute atomic E-state index is 0.0789. The molecule has 0 saturated heterocycles. The number of methoxy groups -OCH3 is 1. The number of carbonyl (C=O) groups excluding carboxylic acids is 2. The summed E-state index contributed by atoms with van der Waals surface area (Å²) < 4.78 is 15.3. The molecule has 7 nitrogen and oxygen atoms in total. The van der Waals surface area contributed by atoms with Gasteiger partial charge < -0.3 is 19.5 Å². The minimum Gasteiger partial charge on any atom is -0.502 e. The Balaban J connectivity index is 3.37. The Morgan fingerprint density at radius 3 is 2.57 bits per heavy atom. The maximum atomic E-state index is 11.3. The van der Waals surface area contributed by atoms with Crippen molar-refractivity contribution in [1.29, 1.82) is 0 Å². The largest absolute Gasteiger partial charge is 0.502 e. The van der Waals surface area contributed by atoms with Gasteiger partial charge in [0.25, 0.3) is 0 Å². The first kappa shape index (κ1) is 19.3. The van der Waals surface area contributed by atoms with Gasteiger partial charge in [0.05, 0.1) is 39.3 Å². The van der Waals surface area contributed by atoms with Crippen molar-refractivity contribution in [2.75, 3.05) is 40.1 Å². The molecule has 0 fully saturated rings. The molecule has 7 heteroatoms. The van der Waals surface area contributed by atoms with Gasteiger partial charge in [0.2, 0.25) is 11.8 Å². The summed E-state index contributed by atoms with van der Waals surface area (Å²) in [7, 11) is 1.52. The predicted molar refractivity (Wildman–Crippen MR) is 79.2 cm³/mol. The molecule has 0 rings (SSSR count). The zero-order chi connectivity index (χ0) is 15.9. The molecule has 0 spiro atoms. The molecule has 21 heavy (non-hydrogen) atoms. The molecule has 0 heterocycles. The highest BCUT2D eigenvalue weighted by atomic mass is 16.5. The summed E-state index contributed by atoms with van der Waals surface area (Å²) in [5.74, 6) is 0.249. The third-order valence-corrected chi connectivity index (χ3v) is 2.33. The molecule has 0 saturated carbocycles. The van der Waals surface area contributed by atoms with Crippen LogP contribution in [0.5, 0.6) is 0 Å². The van der Waals surface area contributed by atoms with E-state index in [0.29, 0.717) is 38.5 Å². The molecular formula is C14H24N2O5. The van der Waals surface area contributed by atoms with Crippen molar-refractivity contribution in [2.24, 2.45) is 4.99 Å². The maximum Gasteiger partial charge on any atom is 0.245 e. The van der Waals surface area contributed by atoms with E-state index in [-0.39, 0.29) is 24.8 Å². The smallest absolute Gasteiger partial charge is 0.245 e.